The molecule has 144 valence electrons. The Balaban J connectivity index is 1.86. The average Bonchev–Trinajstić information content (AvgIpc) is 2.58. The van der Waals surface area contributed by atoms with Gasteiger partial charge in [0.05, 0.1) is 12.0 Å². The molecular weight excluding hydrogens is 339 g/mol. The molecule has 1 fully saturated rings. The molecular formula is C19H27FN2O4. The summed E-state index contributed by atoms with van der Waals surface area (Å²) in [5, 5.41) is 12.8. The maximum Gasteiger partial charge on any atom is 0.410 e. The number of nitrogens with one attached hydrogen (secondary N) is 1. The van der Waals surface area contributed by atoms with Gasteiger partial charge in [0.2, 0.25) is 5.91 Å². The van der Waals surface area contributed by atoms with Gasteiger partial charge >= 0.3 is 6.09 Å². The monoisotopic (exact) mass is 366 g/mol. The van der Waals surface area contributed by atoms with Crippen LogP contribution in [0.5, 0.6) is 0 Å². The third-order valence-corrected chi connectivity index (χ3v) is 4.15. The van der Waals surface area contributed by atoms with Crippen molar-refractivity contribution >= 4 is 12.0 Å². The number of likely N-dealkylation sites (tertiary alicyclic amines) is 1. The lowest BCUT2D eigenvalue weighted by Gasteiger charge is -2.33. The average molecular weight is 366 g/mol. The van der Waals surface area contributed by atoms with Gasteiger partial charge < -0.3 is 20.1 Å². The minimum Gasteiger partial charge on any atom is -0.444 e. The van der Waals surface area contributed by atoms with Crippen LogP contribution in [0.25, 0.3) is 0 Å². The maximum absolute atomic E-state index is 13.2. The van der Waals surface area contributed by atoms with E-state index in [1.165, 1.54) is 18.2 Å². The summed E-state index contributed by atoms with van der Waals surface area (Å²) < 4.78 is 18.6. The van der Waals surface area contributed by atoms with Crippen LogP contribution in [0.2, 0.25) is 0 Å². The maximum atomic E-state index is 13.2. The van der Waals surface area contributed by atoms with Crippen LogP contribution in [0.4, 0.5) is 9.18 Å². The Bertz CT molecular complexity index is 645. The third-order valence-electron chi connectivity index (χ3n) is 4.15. The molecule has 1 heterocycles. The topological polar surface area (TPSA) is 78.9 Å². The van der Waals surface area contributed by atoms with Gasteiger partial charge in [-0.1, -0.05) is 12.1 Å². The van der Waals surface area contributed by atoms with E-state index in [1.807, 2.05) is 0 Å². The number of hydrogen-bond acceptors (Lipinski definition) is 4. The molecule has 0 unspecified atom stereocenters. The van der Waals surface area contributed by atoms with Crippen molar-refractivity contribution in [3.8, 4) is 0 Å². The highest BCUT2D eigenvalue weighted by molar-refractivity contribution is 5.80. The molecule has 1 aliphatic rings. The Morgan fingerprint density at radius 3 is 2.81 bits per heavy atom. The van der Waals surface area contributed by atoms with Gasteiger partial charge in [0, 0.05) is 19.6 Å². The number of carbonyl (C=O) groups excluding carboxylic acids is 2. The molecule has 26 heavy (non-hydrogen) atoms. The first-order chi connectivity index (χ1) is 12.2. The van der Waals surface area contributed by atoms with Crippen LogP contribution in [0.1, 0.15) is 45.3 Å². The Hall–Kier alpha value is -2.15. The second-order valence-electron chi connectivity index (χ2n) is 7.58. The fraction of sp³-hybridized carbons (Fsp3) is 0.579. The van der Waals surface area contributed by atoms with E-state index in [2.05, 4.69) is 5.32 Å². The summed E-state index contributed by atoms with van der Waals surface area (Å²) in [7, 11) is 0. The highest BCUT2D eigenvalue weighted by atomic mass is 19.1. The lowest BCUT2D eigenvalue weighted by Crippen LogP contribution is -2.47. The number of halogens is 1. The van der Waals surface area contributed by atoms with Gasteiger partial charge in [-0.2, -0.15) is 0 Å². The van der Waals surface area contributed by atoms with E-state index in [1.54, 1.807) is 31.7 Å². The molecule has 0 aliphatic carbocycles. The first-order valence-electron chi connectivity index (χ1n) is 8.85. The molecule has 0 aromatic heterocycles. The standard InChI is InChI=1S/C19H27FN2O4/c1-19(2,3)26-18(25)22-9-5-7-14(12-22)17(24)21-11-16(23)13-6-4-8-15(20)10-13/h4,6,8,10,14,16,23H,5,7,9,11-12H2,1-3H3,(H,21,24)/t14-,16-/m1/s1. The number of benzene rings is 1. The minimum absolute atomic E-state index is 0.00871. The molecule has 2 amide bonds. The van der Waals surface area contributed by atoms with Crippen LogP contribution < -0.4 is 5.32 Å². The molecule has 0 spiro atoms. The molecule has 1 aromatic rings. The highest BCUT2D eigenvalue weighted by Gasteiger charge is 2.31. The molecule has 2 N–H and O–H groups in total. The normalized spacial score (nSPS) is 19.0. The molecule has 0 radical (unpaired) electrons. The Morgan fingerprint density at radius 1 is 1.42 bits per heavy atom. The van der Waals surface area contributed by atoms with Crippen LogP contribution in [0, 0.1) is 11.7 Å². The van der Waals surface area contributed by atoms with E-state index in [-0.39, 0.29) is 24.9 Å². The number of carbonyl (C=O) groups is 2. The quantitative estimate of drug-likeness (QED) is 0.859. The molecule has 1 saturated heterocycles. The molecule has 1 aromatic carbocycles. The second-order valence-corrected chi connectivity index (χ2v) is 7.58. The van der Waals surface area contributed by atoms with E-state index in [0.29, 0.717) is 24.9 Å². The third kappa shape index (κ3) is 5.98. The zero-order valence-electron chi connectivity index (χ0n) is 15.5. The zero-order valence-corrected chi connectivity index (χ0v) is 15.5. The van der Waals surface area contributed by atoms with Crippen molar-refractivity contribution in [1.82, 2.24) is 10.2 Å². The lowest BCUT2D eigenvalue weighted by atomic mass is 9.97. The van der Waals surface area contributed by atoms with Crippen molar-refractivity contribution in [1.29, 1.82) is 0 Å². The summed E-state index contributed by atoms with van der Waals surface area (Å²) in [6.45, 7) is 6.24. The number of aliphatic hydroxyl groups excluding tert-OH is 1. The molecule has 2 rings (SSSR count). The van der Waals surface area contributed by atoms with Crippen LogP contribution in [-0.2, 0) is 9.53 Å². The number of ether oxygens (including phenoxy) is 1. The van der Waals surface area contributed by atoms with Crippen molar-refractivity contribution < 1.29 is 23.8 Å². The van der Waals surface area contributed by atoms with E-state index in [9.17, 15) is 19.1 Å². The zero-order chi connectivity index (χ0) is 19.3. The summed E-state index contributed by atoms with van der Waals surface area (Å²) in [5.41, 5.74) is -0.175. The van der Waals surface area contributed by atoms with E-state index in [4.69, 9.17) is 4.74 Å². The Morgan fingerprint density at radius 2 is 2.15 bits per heavy atom. The Kier molecular flexibility index (Phi) is 6.58. The van der Waals surface area contributed by atoms with Crippen molar-refractivity contribution in [2.24, 2.45) is 5.92 Å². The smallest absolute Gasteiger partial charge is 0.410 e. The number of rotatable bonds is 4. The lowest BCUT2D eigenvalue weighted by molar-refractivity contribution is -0.127. The van der Waals surface area contributed by atoms with Crippen LogP contribution in [0.15, 0.2) is 24.3 Å². The summed E-state index contributed by atoms with van der Waals surface area (Å²) >= 11 is 0. The van der Waals surface area contributed by atoms with Crippen LogP contribution in [-0.4, -0.2) is 47.2 Å². The number of amides is 2. The Labute approximate surface area is 153 Å². The fourth-order valence-corrected chi connectivity index (χ4v) is 2.86. The van der Waals surface area contributed by atoms with Crippen molar-refractivity contribution in [2.75, 3.05) is 19.6 Å². The summed E-state index contributed by atoms with van der Waals surface area (Å²) in [6, 6.07) is 5.64. The molecule has 0 bridgehead atoms. The second kappa shape index (κ2) is 8.49. The van der Waals surface area contributed by atoms with Gasteiger partial charge in [0.25, 0.3) is 0 Å². The van der Waals surface area contributed by atoms with Crippen LogP contribution >= 0.6 is 0 Å². The van der Waals surface area contributed by atoms with Gasteiger partial charge in [-0.05, 0) is 51.3 Å². The highest BCUT2D eigenvalue weighted by Crippen LogP contribution is 2.20. The molecule has 0 saturated carbocycles. The molecule has 7 heteroatoms. The van der Waals surface area contributed by atoms with Crippen LogP contribution in [0.3, 0.4) is 0 Å². The largest absolute Gasteiger partial charge is 0.444 e. The SMILES string of the molecule is CC(C)(C)OC(=O)N1CCC[C@@H](C(=O)NC[C@@H](O)c2cccc(F)c2)C1. The first kappa shape index (κ1) is 20.2. The predicted octanol–water partition coefficient (Wildman–Crippen LogP) is 2.62. The van der Waals surface area contributed by atoms with Gasteiger partial charge in [0.1, 0.15) is 11.4 Å². The fourth-order valence-electron chi connectivity index (χ4n) is 2.86. The van der Waals surface area contributed by atoms with E-state index in [0.717, 1.165) is 0 Å². The van der Waals surface area contributed by atoms with Gasteiger partial charge in [0.15, 0.2) is 0 Å². The first-order valence-corrected chi connectivity index (χ1v) is 8.85. The number of hydrogen-bond donors (Lipinski definition) is 2. The molecule has 2 atom stereocenters. The van der Waals surface area contributed by atoms with Gasteiger partial charge in [-0.15, -0.1) is 0 Å². The van der Waals surface area contributed by atoms with Crippen molar-refractivity contribution in [2.45, 2.75) is 45.3 Å². The number of aliphatic hydroxyl groups is 1. The summed E-state index contributed by atoms with van der Waals surface area (Å²) in [5.74, 6) is -1.02. The molecule has 6 nitrogen and oxygen atoms in total. The van der Waals surface area contributed by atoms with E-state index >= 15 is 0 Å². The summed E-state index contributed by atoms with van der Waals surface area (Å²) in [6.07, 6.45) is -0.0275. The number of piperidine rings is 1. The van der Waals surface area contributed by atoms with E-state index < -0.39 is 23.6 Å². The minimum atomic E-state index is -0.986. The number of nitrogens with zero attached hydrogens (tertiary/aromatic N) is 1. The van der Waals surface area contributed by atoms with Crippen molar-refractivity contribution in [3.05, 3.63) is 35.6 Å². The van der Waals surface area contributed by atoms with Gasteiger partial charge in [-0.3, -0.25) is 4.79 Å². The molecule has 1 aliphatic heterocycles. The predicted molar refractivity (Wildman–Crippen MR) is 94.9 cm³/mol. The van der Waals surface area contributed by atoms with Crippen molar-refractivity contribution in [3.63, 3.8) is 0 Å². The summed E-state index contributed by atoms with van der Waals surface area (Å²) in [4.78, 5) is 26.1. The van der Waals surface area contributed by atoms with Gasteiger partial charge in [-0.25, -0.2) is 9.18 Å².